The molecule has 0 atom stereocenters. The van der Waals surface area contributed by atoms with Gasteiger partial charge >= 0.3 is 0 Å². The molecule has 158 valence electrons. The number of hydrogen-bond donors (Lipinski definition) is 1. The molecular formula is C19H24N2O7S. The van der Waals surface area contributed by atoms with Crippen LogP contribution in [-0.4, -0.2) is 49.7 Å². The largest absolute Gasteiger partial charge is 0.497 e. The molecule has 2 aromatic rings. The fraction of sp³-hybridized carbons (Fsp3) is 0.316. The van der Waals surface area contributed by atoms with E-state index in [1.165, 1.54) is 46.8 Å². The van der Waals surface area contributed by atoms with Gasteiger partial charge in [-0.05, 0) is 31.2 Å². The molecular weight excluding hydrogens is 400 g/mol. The zero-order valence-corrected chi connectivity index (χ0v) is 17.7. The number of hydrazone groups is 1. The van der Waals surface area contributed by atoms with Gasteiger partial charge < -0.3 is 23.7 Å². The topological polar surface area (TPSA) is 105 Å². The minimum Gasteiger partial charge on any atom is -0.497 e. The van der Waals surface area contributed by atoms with Crippen LogP contribution in [0.2, 0.25) is 0 Å². The number of rotatable bonds is 10. The van der Waals surface area contributed by atoms with Crippen molar-refractivity contribution >= 4 is 16.2 Å². The number of sulfonamides is 1. The lowest BCUT2D eigenvalue weighted by Crippen LogP contribution is -2.19. The Morgan fingerprint density at radius 1 is 0.931 bits per heavy atom. The summed E-state index contributed by atoms with van der Waals surface area (Å²) in [6.07, 6.45) is 1.32. The predicted octanol–water partition coefficient (Wildman–Crippen LogP) is 2.43. The van der Waals surface area contributed by atoms with Crippen molar-refractivity contribution in [2.24, 2.45) is 5.10 Å². The average molecular weight is 424 g/mol. The van der Waals surface area contributed by atoms with Gasteiger partial charge in [0.15, 0.2) is 11.5 Å². The normalized spacial score (nSPS) is 11.2. The van der Waals surface area contributed by atoms with Gasteiger partial charge in [0.25, 0.3) is 10.0 Å². The van der Waals surface area contributed by atoms with Crippen LogP contribution < -0.4 is 28.5 Å². The Balaban J connectivity index is 2.31. The third-order valence-corrected chi connectivity index (χ3v) is 5.06. The molecule has 0 radical (unpaired) electrons. The third kappa shape index (κ3) is 5.23. The molecule has 0 heterocycles. The lowest BCUT2D eigenvalue weighted by atomic mass is 10.2. The summed E-state index contributed by atoms with van der Waals surface area (Å²) in [7, 11) is 1.82. The van der Waals surface area contributed by atoms with Crippen molar-refractivity contribution in [1.82, 2.24) is 4.83 Å². The molecule has 0 amide bonds. The summed E-state index contributed by atoms with van der Waals surface area (Å²) in [4.78, 5) is 2.06. The first kappa shape index (κ1) is 22.2. The Morgan fingerprint density at radius 3 is 2.07 bits per heavy atom. The van der Waals surface area contributed by atoms with Gasteiger partial charge in [0, 0.05) is 11.6 Å². The van der Waals surface area contributed by atoms with Gasteiger partial charge in [-0.25, -0.2) is 0 Å². The molecule has 0 unspecified atom stereocenters. The monoisotopic (exact) mass is 424 g/mol. The molecule has 0 saturated carbocycles. The Kier molecular flexibility index (Phi) is 7.54. The lowest BCUT2D eigenvalue weighted by Gasteiger charge is -2.14. The van der Waals surface area contributed by atoms with Crippen molar-refractivity contribution in [2.75, 3.05) is 35.0 Å². The molecule has 9 nitrogen and oxygen atoms in total. The van der Waals surface area contributed by atoms with E-state index >= 15 is 0 Å². The molecule has 2 aromatic carbocycles. The van der Waals surface area contributed by atoms with Gasteiger partial charge in [0.05, 0.1) is 41.3 Å². The van der Waals surface area contributed by atoms with Crippen molar-refractivity contribution < 1.29 is 32.1 Å². The fourth-order valence-corrected chi connectivity index (χ4v) is 3.45. The van der Waals surface area contributed by atoms with Crippen molar-refractivity contribution in [1.29, 1.82) is 0 Å². The Hall–Kier alpha value is -3.14. The minimum absolute atomic E-state index is 0.0987. The Morgan fingerprint density at radius 2 is 1.55 bits per heavy atom. The molecule has 10 heteroatoms. The van der Waals surface area contributed by atoms with Crippen LogP contribution in [0, 0.1) is 0 Å². The van der Waals surface area contributed by atoms with Crippen molar-refractivity contribution in [2.45, 2.75) is 11.8 Å². The van der Waals surface area contributed by atoms with Crippen LogP contribution in [-0.2, 0) is 10.0 Å². The van der Waals surface area contributed by atoms with Crippen LogP contribution in [0.15, 0.2) is 40.3 Å². The van der Waals surface area contributed by atoms with Crippen molar-refractivity contribution in [3.8, 4) is 28.7 Å². The minimum atomic E-state index is -3.99. The van der Waals surface area contributed by atoms with Crippen LogP contribution in [0.1, 0.15) is 12.5 Å². The van der Waals surface area contributed by atoms with Gasteiger partial charge in [0.1, 0.15) is 16.4 Å². The zero-order valence-electron chi connectivity index (χ0n) is 16.9. The number of hydrogen-bond acceptors (Lipinski definition) is 8. The highest BCUT2D eigenvalue weighted by molar-refractivity contribution is 7.89. The summed E-state index contributed by atoms with van der Waals surface area (Å²) in [5, 5.41) is 3.84. The molecule has 0 spiro atoms. The fourth-order valence-electron chi connectivity index (χ4n) is 2.47. The van der Waals surface area contributed by atoms with E-state index in [9.17, 15) is 8.42 Å². The second-order valence-corrected chi connectivity index (χ2v) is 7.19. The highest BCUT2D eigenvalue weighted by Crippen LogP contribution is 2.38. The van der Waals surface area contributed by atoms with E-state index in [1.54, 1.807) is 18.2 Å². The van der Waals surface area contributed by atoms with E-state index in [4.69, 9.17) is 23.7 Å². The maximum Gasteiger partial charge on any atom is 0.280 e. The molecule has 2 rings (SSSR count). The van der Waals surface area contributed by atoms with Crippen molar-refractivity contribution in [3.05, 3.63) is 35.9 Å². The number of nitrogens with one attached hydrogen (secondary N) is 1. The summed E-state index contributed by atoms with van der Waals surface area (Å²) in [6, 6.07) is 7.74. The average Bonchev–Trinajstić information content (AvgIpc) is 2.73. The Labute approximate surface area is 170 Å². The second-order valence-electron chi connectivity index (χ2n) is 5.56. The van der Waals surface area contributed by atoms with E-state index in [-0.39, 0.29) is 10.6 Å². The predicted molar refractivity (Wildman–Crippen MR) is 108 cm³/mol. The number of nitrogens with zero attached hydrogens (tertiary/aromatic N) is 1. The standard InChI is InChI=1S/C19H24N2O7S/c1-6-28-19-16(26-4)9-13(10-17(19)27-5)12-20-21-29(22,23)18-11-14(24-2)7-8-15(18)25-3/h7-12,21H,6H2,1-5H3/b20-12+. The summed E-state index contributed by atoms with van der Waals surface area (Å²) in [5.74, 6) is 1.86. The number of benzene rings is 2. The van der Waals surface area contributed by atoms with Crippen LogP contribution in [0.25, 0.3) is 0 Å². The Bertz CT molecular complexity index is 950. The van der Waals surface area contributed by atoms with Gasteiger partial charge in [0.2, 0.25) is 5.75 Å². The van der Waals surface area contributed by atoms with E-state index in [0.29, 0.717) is 35.2 Å². The first-order valence-electron chi connectivity index (χ1n) is 8.55. The van der Waals surface area contributed by atoms with Crippen LogP contribution in [0.5, 0.6) is 28.7 Å². The summed E-state index contributed by atoms with van der Waals surface area (Å²) in [6.45, 7) is 2.28. The zero-order chi connectivity index (χ0) is 21.4. The highest BCUT2D eigenvalue weighted by Gasteiger charge is 2.20. The maximum atomic E-state index is 12.6. The highest BCUT2D eigenvalue weighted by atomic mass is 32.2. The third-order valence-electron chi connectivity index (χ3n) is 3.82. The lowest BCUT2D eigenvalue weighted by molar-refractivity contribution is 0.288. The molecule has 0 saturated heterocycles. The number of ether oxygens (including phenoxy) is 5. The van der Waals surface area contributed by atoms with Gasteiger partial charge in [-0.15, -0.1) is 0 Å². The molecule has 0 aliphatic heterocycles. The van der Waals surface area contributed by atoms with E-state index in [0.717, 1.165) is 0 Å². The van der Waals surface area contributed by atoms with Crippen LogP contribution >= 0.6 is 0 Å². The van der Waals surface area contributed by atoms with E-state index in [2.05, 4.69) is 9.93 Å². The molecule has 0 bridgehead atoms. The van der Waals surface area contributed by atoms with Crippen molar-refractivity contribution in [3.63, 3.8) is 0 Å². The smallest absolute Gasteiger partial charge is 0.280 e. The van der Waals surface area contributed by atoms with Crippen LogP contribution in [0.4, 0.5) is 0 Å². The summed E-state index contributed by atoms with van der Waals surface area (Å²) in [5.41, 5.74) is 0.544. The van der Waals surface area contributed by atoms with Gasteiger partial charge in [-0.1, -0.05) is 0 Å². The first-order valence-corrected chi connectivity index (χ1v) is 10.0. The van der Waals surface area contributed by atoms with E-state index < -0.39 is 10.0 Å². The molecule has 0 aliphatic carbocycles. The molecule has 1 N–H and O–H groups in total. The molecule has 0 fully saturated rings. The first-order chi connectivity index (χ1) is 13.9. The summed E-state index contributed by atoms with van der Waals surface area (Å²) >= 11 is 0. The van der Waals surface area contributed by atoms with Gasteiger partial charge in [-0.2, -0.15) is 18.4 Å². The van der Waals surface area contributed by atoms with Gasteiger partial charge in [-0.3, -0.25) is 0 Å². The number of methoxy groups -OCH3 is 4. The van der Waals surface area contributed by atoms with Crippen LogP contribution in [0.3, 0.4) is 0 Å². The maximum absolute atomic E-state index is 12.6. The molecule has 0 aromatic heterocycles. The SMILES string of the molecule is CCOc1c(OC)cc(/C=N/NS(=O)(=O)c2cc(OC)ccc2OC)cc1OC. The second kappa shape index (κ2) is 9.87. The summed E-state index contributed by atoms with van der Waals surface area (Å²) < 4.78 is 51.6. The molecule has 0 aliphatic rings. The quantitative estimate of drug-likeness (QED) is 0.461. The molecule has 29 heavy (non-hydrogen) atoms. The van der Waals surface area contributed by atoms with E-state index in [1.807, 2.05) is 6.92 Å².